The van der Waals surface area contributed by atoms with Gasteiger partial charge >= 0.3 is 13.1 Å². The van der Waals surface area contributed by atoms with Gasteiger partial charge in [-0.3, -0.25) is 4.79 Å². The van der Waals surface area contributed by atoms with Crippen LogP contribution in [0.1, 0.15) is 28.8 Å². The first kappa shape index (κ1) is 18.1. The van der Waals surface area contributed by atoms with E-state index in [2.05, 4.69) is 5.32 Å². The molecule has 0 unspecified atom stereocenters. The molecule has 3 aliphatic rings. The number of carboxylic acid groups (broad SMARTS) is 1. The number of likely N-dealkylation sites (tertiary alicyclic amines) is 1. The van der Waals surface area contributed by atoms with Crippen LogP contribution in [0.2, 0.25) is 6.32 Å². The SMILES string of the molecule is O=C(O)c1c(OC2CN(C(=O)C[C@@H]3CCNC3)C2)ccc2c1OB(O)CC2. The number of aryl methyl sites for hydroxylation is 1. The Morgan fingerprint density at radius 2 is 2.19 bits per heavy atom. The topological polar surface area (TPSA) is 108 Å². The lowest BCUT2D eigenvalue weighted by Crippen LogP contribution is -2.56. The summed E-state index contributed by atoms with van der Waals surface area (Å²) in [7, 11) is -1.01. The van der Waals surface area contributed by atoms with Crippen LogP contribution in [0.4, 0.5) is 0 Å². The molecule has 0 spiro atoms. The number of aromatic carboxylic acids is 1. The van der Waals surface area contributed by atoms with Crippen molar-refractivity contribution >= 4 is 19.0 Å². The Bertz CT molecular complexity index is 746. The predicted octanol–water partition coefficient (Wildman–Crippen LogP) is 0.389. The van der Waals surface area contributed by atoms with Gasteiger partial charge < -0.3 is 29.7 Å². The summed E-state index contributed by atoms with van der Waals surface area (Å²) >= 11 is 0. The Kier molecular flexibility index (Phi) is 4.97. The average Bonchev–Trinajstić information content (AvgIpc) is 3.09. The maximum Gasteiger partial charge on any atom is 0.522 e. The van der Waals surface area contributed by atoms with Crippen molar-refractivity contribution in [3.05, 3.63) is 23.3 Å². The number of nitrogens with zero attached hydrogens (tertiary/aromatic N) is 1. The summed E-state index contributed by atoms with van der Waals surface area (Å²) in [5.74, 6) is -0.233. The summed E-state index contributed by atoms with van der Waals surface area (Å²) in [6.45, 7) is 2.77. The molecule has 0 radical (unpaired) electrons. The molecule has 27 heavy (non-hydrogen) atoms. The van der Waals surface area contributed by atoms with E-state index < -0.39 is 13.1 Å². The Morgan fingerprint density at radius 1 is 1.37 bits per heavy atom. The molecule has 2 fully saturated rings. The second-order valence-electron chi connectivity index (χ2n) is 7.44. The van der Waals surface area contributed by atoms with Gasteiger partial charge in [-0.2, -0.15) is 0 Å². The van der Waals surface area contributed by atoms with Crippen molar-refractivity contribution in [1.29, 1.82) is 0 Å². The molecular formula is C18H23BN2O6. The Hall–Kier alpha value is -2.26. The number of fused-ring (bicyclic) bond motifs is 1. The van der Waals surface area contributed by atoms with Crippen LogP contribution in [0.5, 0.6) is 11.5 Å². The highest BCUT2D eigenvalue weighted by Gasteiger charge is 2.36. The molecule has 1 aromatic carbocycles. The third-order valence-corrected chi connectivity index (χ3v) is 5.45. The normalized spacial score (nSPS) is 22.0. The van der Waals surface area contributed by atoms with Crippen molar-refractivity contribution in [2.45, 2.75) is 31.7 Å². The van der Waals surface area contributed by atoms with E-state index in [1.54, 1.807) is 17.0 Å². The van der Waals surface area contributed by atoms with Gasteiger partial charge in [0, 0.05) is 6.42 Å². The van der Waals surface area contributed by atoms with E-state index in [1.165, 1.54) is 0 Å². The molecule has 9 heteroatoms. The highest BCUT2D eigenvalue weighted by Crippen LogP contribution is 2.37. The number of carbonyl (C=O) groups excluding carboxylic acids is 1. The number of carbonyl (C=O) groups is 2. The van der Waals surface area contributed by atoms with Crippen LogP contribution in [0.3, 0.4) is 0 Å². The number of ether oxygens (including phenoxy) is 1. The fourth-order valence-electron chi connectivity index (χ4n) is 3.87. The minimum absolute atomic E-state index is 0.0620. The monoisotopic (exact) mass is 374 g/mol. The maximum absolute atomic E-state index is 12.3. The van der Waals surface area contributed by atoms with Crippen LogP contribution in [0, 0.1) is 5.92 Å². The van der Waals surface area contributed by atoms with Crippen molar-refractivity contribution in [3.63, 3.8) is 0 Å². The fraction of sp³-hybridized carbons (Fsp3) is 0.556. The fourth-order valence-corrected chi connectivity index (χ4v) is 3.87. The first-order valence-corrected chi connectivity index (χ1v) is 9.40. The standard InChI is InChI=1S/C18H23BN2O6/c22-15(7-11-4-6-20-8-11)21-9-13(10-21)26-14-2-1-12-3-5-19(25)27-17(12)16(14)18(23)24/h1-2,11,13,20,25H,3-10H2,(H,23,24)/t11-/m0/s1. The number of benzene rings is 1. The summed E-state index contributed by atoms with van der Waals surface area (Å²) in [4.78, 5) is 25.8. The number of carboxylic acids is 1. The summed E-state index contributed by atoms with van der Waals surface area (Å²) < 4.78 is 11.2. The minimum atomic E-state index is -1.16. The molecule has 3 N–H and O–H groups in total. The van der Waals surface area contributed by atoms with Crippen molar-refractivity contribution in [2.75, 3.05) is 26.2 Å². The molecule has 0 aliphatic carbocycles. The van der Waals surface area contributed by atoms with E-state index in [1.807, 2.05) is 0 Å². The lowest BCUT2D eigenvalue weighted by Gasteiger charge is -2.39. The van der Waals surface area contributed by atoms with Gasteiger partial charge in [0.05, 0.1) is 13.1 Å². The number of amides is 1. The van der Waals surface area contributed by atoms with Crippen LogP contribution in [0.25, 0.3) is 0 Å². The first-order chi connectivity index (χ1) is 13.0. The van der Waals surface area contributed by atoms with Crippen molar-refractivity contribution in [2.24, 2.45) is 5.92 Å². The van der Waals surface area contributed by atoms with E-state index >= 15 is 0 Å². The van der Waals surface area contributed by atoms with Crippen LogP contribution < -0.4 is 14.7 Å². The number of rotatable bonds is 5. The van der Waals surface area contributed by atoms with Crippen LogP contribution in [-0.2, 0) is 11.2 Å². The summed E-state index contributed by atoms with van der Waals surface area (Å²) in [5.41, 5.74) is 0.689. The van der Waals surface area contributed by atoms with Gasteiger partial charge in [0.15, 0.2) is 0 Å². The van der Waals surface area contributed by atoms with Gasteiger partial charge in [-0.05, 0) is 49.8 Å². The number of nitrogens with one attached hydrogen (secondary N) is 1. The van der Waals surface area contributed by atoms with Crippen molar-refractivity contribution in [3.8, 4) is 11.5 Å². The summed E-state index contributed by atoms with van der Waals surface area (Å²) in [6.07, 6.45) is 2.33. The predicted molar refractivity (Wildman–Crippen MR) is 97.1 cm³/mol. The molecule has 0 bridgehead atoms. The molecule has 1 aromatic rings. The molecule has 0 saturated carbocycles. The van der Waals surface area contributed by atoms with E-state index in [4.69, 9.17) is 9.39 Å². The van der Waals surface area contributed by atoms with Gasteiger partial charge in [0.1, 0.15) is 23.2 Å². The third-order valence-electron chi connectivity index (χ3n) is 5.45. The van der Waals surface area contributed by atoms with E-state index in [9.17, 15) is 19.7 Å². The van der Waals surface area contributed by atoms with Gasteiger partial charge in [-0.15, -0.1) is 0 Å². The quantitative estimate of drug-likeness (QED) is 0.640. The molecule has 4 rings (SSSR count). The van der Waals surface area contributed by atoms with Gasteiger partial charge in [0.2, 0.25) is 5.91 Å². The van der Waals surface area contributed by atoms with E-state index in [0.29, 0.717) is 38.2 Å². The van der Waals surface area contributed by atoms with Gasteiger partial charge in [-0.1, -0.05) is 6.07 Å². The Morgan fingerprint density at radius 3 is 2.89 bits per heavy atom. The van der Waals surface area contributed by atoms with Gasteiger partial charge in [-0.25, -0.2) is 4.79 Å². The molecule has 0 aromatic heterocycles. The highest BCUT2D eigenvalue weighted by atomic mass is 16.5. The van der Waals surface area contributed by atoms with E-state index in [0.717, 1.165) is 25.1 Å². The zero-order chi connectivity index (χ0) is 19.0. The van der Waals surface area contributed by atoms with Gasteiger partial charge in [0.25, 0.3) is 0 Å². The molecule has 2 saturated heterocycles. The molecule has 3 heterocycles. The molecule has 1 atom stereocenters. The molecular weight excluding hydrogens is 351 g/mol. The molecule has 8 nitrogen and oxygen atoms in total. The lowest BCUT2D eigenvalue weighted by atomic mass is 9.78. The molecule has 3 aliphatic heterocycles. The van der Waals surface area contributed by atoms with Crippen LogP contribution in [-0.4, -0.2) is 66.3 Å². The number of hydrogen-bond acceptors (Lipinski definition) is 6. The smallest absolute Gasteiger partial charge is 0.522 e. The average molecular weight is 374 g/mol. The van der Waals surface area contributed by atoms with Crippen LogP contribution in [0.15, 0.2) is 12.1 Å². The minimum Gasteiger partial charge on any atom is -0.535 e. The van der Waals surface area contributed by atoms with Crippen LogP contribution >= 0.6 is 0 Å². The first-order valence-electron chi connectivity index (χ1n) is 9.40. The second kappa shape index (κ2) is 7.40. The largest absolute Gasteiger partial charge is 0.535 e. The van der Waals surface area contributed by atoms with Crippen molar-refractivity contribution in [1.82, 2.24) is 10.2 Å². The third kappa shape index (κ3) is 3.75. The van der Waals surface area contributed by atoms with Crippen molar-refractivity contribution < 1.29 is 29.1 Å². The molecule has 1 amide bonds. The summed E-state index contributed by atoms with van der Waals surface area (Å²) in [5, 5.41) is 22.6. The zero-order valence-corrected chi connectivity index (χ0v) is 15.0. The Labute approximate surface area is 157 Å². The second-order valence-corrected chi connectivity index (χ2v) is 7.44. The lowest BCUT2D eigenvalue weighted by molar-refractivity contribution is -0.140. The maximum atomic E-state index is 12.3. The zero-order valence-electron chi connectivity index (χ0n) is 15.0. The summed E-state index contributed by atoms with van der Waals surface area (Å²) in [6, 6.07) is 3.41. The molecule has 144 valence electrons. The Balaban J connectivity index is 1.40. The number of hydrogen-bond donors (Lipinski definition) is 3. The van der Waals surface area contributed by atoms with E-state index in [-0.39, 0.29) is 29.1 Å². The highest BCUT2D eigenvalue weighted by molar-refractivity contribution is 6.44.